The van der Waals surface area contributed by atoms with Crippen LogP contribution in [0.1, 0.15) is 48.1 Å². The minimum Gasteiger partial charge on any atom is -0.497 e. The Labute approximate surface area is 193 Å². The molecule has 5 rings (SSSR count). The molecule has 0 atom stereocenters. The number of benzene rings is 1. The van der Waals surface area contributed by atoms with E-state index in [1.54, 1.807) is 18.4 Å². The highest BCUT2D eigenvalue weighted by molar-refractivity contribution is 7.98. The number of thiophene rings is 1. The first-order chi connectivity index (χ1) is 15.5. The van der Waals surface area contributed by atoms with Crippen LogP contribution in [0.15, 0.2) is 38.7 Å². The largest absolute Gasteiger partial charge is 0.497 e. The molecular weight excluding hydrogens is 444 g/mol. The standard InChI is InChI=1S/C23H24N4O3S2/c1-13-14(2)32-21-19(13)22(28)27(16-6-4-5-7-16)23(25-21)31-12-18-24-20(26-30-18)15-8-10-17(29-3)11-9-15/h8-11,16H,4-7,12H2,1-3H3. The van der Waals surface area contributed by atoms with Crippen LogP contribution < -0.4 is 10.3 Å². The van der Waals surface area contributed by atoms with Crippen molar-refractivity contribution < 1.29 is 9.26 Å². The molecule has 32 heavy (non-hydrogen) atoms. The van der Waals surface area contributed by atoms with Crippen LogP contribution in [0.3, 0.4) is 0 Å². The quantitative estimate of drug-likeness (QED) is 0.271. The first kappa shape index (κ1) is 21.2. The van der Waals surface area contributed by atoms with Crippen LogP contribution in [0.5, 0.6) is 5.75 Å². The van der Waals surface area contributed by atoms with Crippen molar-refractivity contribution in [2.45, 2.75) is 56.5 Å². The normalized spacial score (nSPS) is 14.5. The van der Waals surface area contributed by atoms with Crippen molar-refractivity contribution in [3.8, 4) is 17.1 Å². The summed E-state index contributed by atoms with van der Waals surface area (Å²) in [4.78, 5) is 24.9. The Morgan fingerprint density at radius 1 is 1.19 bits per heavy atom. The second-order valence-corrected chi connectivity index (χ2v) is 10.1. The fourth-order valence-corrected chi connectivity index (χ4v) is 6.15. The Bertz CT molecular complexity index is 1320. The van der Waals surface area contributed by atoms with Crippen LogP contribution in [0.25, 0.3) is 21.6 Å². The number of nitrogens with zero attached hydrogens (tertiary/aromatic N) is 4. The number of hydrogen-bond acceptors (Lipinski definition) is 8. The average molecular weight is 469 g/mol. The number of fused-ring (bicyclic) bond motifs is 1. The summed E-state index contributed by atoms with van der Waals surface area (Å²) in [5, 5.41) is 5.61. The number of methoxy groups -OCH3 is 1. The summed E-state index contributed by atoms with van der Waals surface area (Å²) in [5.41, 5.74) is 1.99. The van der Waals surface area contributed by atoms with E-state index >= 15 is 0 Å². The maximum atomic E-state index is 13.5. The number of aromatic nitrogens is 4. The number of rotatable bonds is 6. The van der Waals surface area contributed by atoms with E-state index in [4.69, 9.17) is 14.2 Å². The maximum Gasteiger partial charge on any atom is 0.263 e. The Hall–Kier alpha value is -2.65. The highest BCUT2D eigenvalue weighted by Crippen LogP contribution is 2.35. The van der Waals surface area contributed by atoms with Gasteiger partial charge in [0.15, 0.2) is 5.16 Å². The molecule has 1 saturated carbocycles. The number of ether oxygens (including phenoxy) is 1. The second-order valence-electron chi connectivity index (χ2n) is 8.00. The average Bonchev–Trinajstić information content (AvgIpc) is 3.54. The fourth-order valence-electron chi connectivity index (χ4n) is 4.17. The summed E-state index contributed by atoms with van der Waals surface area (Å²) in [7, 11) is 1.63. The summed E-state index contributed by atoms with van der Waals surface area (Å²) in [6.07, 6.45) is 4.33. The van der Waals surface area contributed by atoms with Gasteiger partial charge in [-0.1, -0.05) is 29.8 Å². The molecule has 1 aliphatic carbocycles. The third-order valence-corrected chi connectivity index (χ3v) is 8.07. The van der Waals surface area contributed by atoms with Crippen LogP contribution in [0.4, 0.5) is 0 Å². The molecule has 0 amide bonds. The molecule has 166 valence electrons. The smallest absolute Gasteiger partial charge is 0.263 e. The van der Waals surface area contributed by atoms with Gasteiger partial charge in [0.2, 0.25) is 11.7 Å². The molecule has 0 N–H and O–H groups in total. The lowest BCUT2D eigenvalue weighted by molar-refractivity contribution is 0.391. The van der Waals surface area contributed by atoms with Gasteiger partial charge in [-0.15, -0.1) is 11.3 Å². The van der Waals surface area contributed by atoms with Crippen molar-refractivity contribution in [2.75, 3.05) is 7.11 Å². The number of hydrogen-bond donors (Lipinski definition) is 0. The van der Waals surface area contributed by atoms with Gasteiger partial charge >= 0.3 is 0 Å². The van der Waals surface area contributed by atoms with Crippen molar-refractivity contribution in [3.05, 3.63) is 51.0 Å². The van der Waals surface area contributed by atoms with Crippen LogP contribution in [-0.2, 0) is 5.75 Å². The van der Waals surface area contributed by atoms with Crippen LogP contribution >= 0.6 is 23.1 Å². The Morgan fingerprint density at radius 2 is 1.94 bits per heavy atom. The van der Waals surface area contributed by atoms with Gasteiger partial charge in [0.05, 0.1) is 18.2 Å². The lowest BCUT2D eigenvalue weighted by Gasteiger charge is -2.17. The highest BCUT2D eigenvalue weighted by atomic mass is 32.2. The van der Waals surface area contributed by atoms with Crippen LogP contribution in [-0.4, -0.2) is 26.8 Å². The van der Waals surface area contributed by atoms with Crippen molar-refractivity contribution in [2.24, 2.45) is 0 Å². The summed E-state index contributed by atoms with van der Waals surface area (Å²) < 4.78 is 12.6. The van der Waals surface area contributed by atoms with Gasteiger partial charge in [-0.3, -0.25) is 9.36 Å². The van der Waals surface area contributed by atoms with Gasteiger partial charge in [0, 0.05) is 16.5 Å². The Balaban J connectivity index is 1.44. The zero-order valence-electron chi connectivity index (χ0n) is 18.3. The molecule has 9 heteroatoms. The topological polar surface area (TPSA) is 83.0 Å². The van der Waals surface area contributed by atoms with Crippen molar-refractivity contribution in [1.82, 2.24) is 19.7 Å². The molecule has 3 heterocycles. The summed E-state index contributed by atoms with van der Waals surface area (Å²) in [6, 6.07) is 7.73. The van der Waals surface area contributed by atoms with Crippen LogP contribution in [0, 0.1) is 13.8 Å². The highest BCUT2D eigenvalue weighted by Gasteiger charge is 2.25. The van der Waals surface area contributed by atoms with Gasteiger partial charge < -0.3 is 9.26 Å². The SMILES string of the molecule is COc1ccc(-c2noc(CSc3nc4sc(C)c(C)c4c(=O)n3C3CCCC3)n2)cc1. The molecule has 0 spiro atoms. The number of aryl methyl sites for hydroxylation is 2. The van der Waals surface area contributed by atoms with Gasteiger partial charge in [-0.05, 0) is 56.5 Å². The predicted octanol–water partition coefficient (Wildman–Crippen LogP) is 5.54. The van der Waals surface area contributed by atoms with E-state index in [0.29, 0.717) is 17.5 Å². The molecule has 1 fully saturated rings. The minimum atomic E-state index is 0.0794. The van der Waals surface area contributed by atoms with E-state index in [-0.39, 0.29) is 11.6 Å². The van der Waals surface area contributed by atoms with Crippen molar-refractivity contribution >= 4 is 33.3 Å². The van der Waals surface area contributed by atoms with Crippen molar-refractivity contribution in [3.63, 3.8) is 0 Å². The van der Waals surface area contributed by atoms with Gasteiger partial charge in [-0.2, -0.15) is 4.98 Å². The monoisotopic (exact) mass is 468 g/mol. The molecular formula is C23H24N4O3S2. The van der Waals surface area contributed by atoms with E-state index in [1.165, 1.54) is 11.8 Å². The first-order valence-corrected chi connectivity index (χ1v) is 12.5. The number of thioether (sulfide) groups is 1. The van der Waals surface area contributed by atoms with Gasteiger partial charge in [0.25, 0.3) is 5.56 Å². The van der Waals surface area contributed by atoms with E-state index in [9.17, 15) is 4.79 Å². The summed E-state index contributed by atoms with van der Waals surface area (Å²) in [6.45, 7) is 4.06. The van der Waals surface area contributed by atoms with Crippen molar-refractivity contribution in [1.29, 1.82) is 0 Å². The molecule has 1 aromatic carbocycles. The summed E-state index contributed by atoms with van der Waals surface area (Å²) in [5.74, 6) is 2.27. The van der Waals surface area contributed by atoms with E-state index in [2.05, 4.69) is 10.1 Å². The molecule has 7 nitrogen and oxygen atoms in total. The third kappa shape index (κ3) is 3.84. The van der Waals surface area contributed by atoms with Gasteiger partial charge in [0.1, 0.15) is 10.6 Å². The zero-order chi connectivity index (χ0) is 22.2. The summed E-state index contributed by atoms with van der Waals surface area (Å²) >= 11 is 3.07. The molecule has 0 aliphatic heterocycles. The van der Waals surface area contributed by atoms with E-state index in [0.717, 1.165) is 62.8 Å². The van der Waals surface area contributed by atoms with E-state index in [1.807, 2.05) is 42.7 Å². The van der Waals surface area contributed by atoms with Crippen LogP contribution in [0.2, 0.25) is 0 Å². The molecule has 0 bridgehead atoms. The molecule has 1 aliphatic rings. The first-order valence-electron chi connectivity index (χ1n) is 10.7. The molecule has 0 saturated heterocycles. The minimum absolute atomic E-state index is 0.0794. The Kier molecular flexibility index (Phi) is 5.77. The Morgan fingerprint density at radius 3 is 2.66 bits per heavy atom. The van der Waals surface area contributed by atoms with E-state index < -0.39 is 0 Å². The fraction of sp³-hybridized carbons (Fsp3) is 0.391. The maximum absolute atomic E-state index is 13.5. The zero-order valence-corrected chi connectivity index (χ0v) is 19.9. The lowest BCUT2D eigenvalue weighted by atomic mass is 10.2. The molecule has 4 aromatic rings. The lowest BCUT2D eigenvalue weighted by Crippen LogP contribution is -2.26. The molecule has 3 aromatic heterocycles. The molecule has 0 unspecified atom stereocenters. The molecule has 0 radical (unpaired) electrons. The third-order valence-electron chi connectivity index (χ3n) is 6.03. The second kappa shape index (κ2) is 8.71. The van der Waals surface area contributed by atoms with Gasteiger partial charge in [-0.25, -0.2) is 4.98 Å². The predicted molar refractivity (Wildman–Crippen MR) is 127 cm³/mol.